The maximum atomic E-state index is 13.9. The number of halogens is 1. The number of carbonyl (C=O) groups excluding carboxylic acids is 1. The first-order valence-electron chi connectivity index (χ1n) is 4.92. The minimum atomic E-state index is -0.462. The largest absolute Gasteiger partial charge is 0.494 e. The molecule has 2 rings (SSSR count). The molecule has 0 saturated carbocycles. The number of H-pyrrole nitrogens is 1. The molecule has 0 amide bonds. The van der Waals surface area contributed by atoms with Crippen molar-refractivity contribution in [1.29, 1.82) is 0 Å². The number of methoxy groups -OCH3 is 1. The fourth-order valence-corrected chi connectivity index (χ4v) is 1.85. The van der Waals surface area contributed by atoms with Crippen molar-refractivity contribution in [3.05, 3.63) is 29.2 Å². The van der Waals surface area contributed by atoms with Crippen LogP contribution in [0.5, 0.6) is 5.75 Å². The summed E-state index contributed by atoms with van der Waals surface area (Å²) in [6.45, 7) is 3.24. The molecule has 0 fully saturated rings. The summed E-state index contributed by atoms with van der Waals surface area (Å²) >= 11 is 0. The van der Waals surface area contributed by atoms with Crippen LogP contribution in [0.15, 0.2) is 12.1 Å². The molecule has 0 saturated heterocycles. The number of carbonyl (C=O) groups is 1. The maximum Gasteiger partial charge on any atom is 0.189 e. The number of nitrogens with one attached hydrogen (secondary N) is 1. The van der Waals surface area contributed by atoms with E-state index in [0.29, 0.717) is 16.6 Å². The van der Waals surface area contributed by atoms with Gasteiger partial charge in [0.15, 0.2) is 17.3 Å². The van der Waals surface area contributed by atoms with E-state index in [-0.39, 0.29) is 11.5 Å². The molecule has 0 aliphatic rings. The van der Waals surface area contributed by atoms with Crippen LogP contribution in [0.2, 0.25) is 0 Å². The number of ketones is 1. The lowest BCUT2D eigenvalue weighted by Gasteiger charge is -2.01. The Morgan fingerprint density at radius 3 is 2.69 bits per heavy atom. The van der Waals surface area contributed by atoms with Gasteiger partial charge in [-0.2, -0.15) is 0 Å². The molecule has 1 aromatic heterocycles. The predicted molar refractivity (Wildman–Crippen MR) is 59.6 cm³/mol. The second-order valence-corrected chi connectivity index (χ2v) is 3.69. The smallest absolute Gasteiger partial charge is 0.189 e. The Bertz CT molecular complexity index is 572. The van der Waals surface area contributed by atoms with Gasteiger partial charge in [0.05, 0.1) is 18.3 Å². The molecule has 0 bridgehead atoms. The van der Waals surface area contributed by atoms with Crippen molar-refractivity contribution in [3.8, 4) is 5.75 Å². The number of Topliss-reactive ketones (excluding diaryl/α,β-unsaturated/α-hetero) is 1. The fraction of sp³-hybridized carbons (Fsp3) is 0.250. The Hall–Kier alpha value is -1.84. The number of rotatable bonds is 2. The van der Waals surface area contributed by atoms with E-state index in [1.54, 1.807) is 19.1 Å². The van der Waals surface area contributed by atoms with Gasteiger partial charge in [0.2, 0.25) is 0 Å². The van der Waals surface area contributed by atoms with Gasteiger partial charge in [-0.3, -0.25) is 4.79 Å². The van der Waals surface area contributed by atoms with E-state index in [1.807, 2.05) is 0 Å². The molecule has 1 aromatic carbocycles. The number of hydrogen-bond donors (Lipinski definition) is 1. The summed E-state index contributed by atoms with van der Waals surface area (Å²) in [5, 5.41) is 0.712. The van der Waals surface area contributed by atoms with Gasteiger partial charge in [-0.25, -0.2) is 4.39 Å². The lowest BCUT2D eigenvalue weighted by Crippen LogP contribution is -1.94. The molecule has 1 N–H and O–H groups in total. The van der Waals surface area contributed by atoms with Crippen LogP contribution in [-0.4, -0.2) is 17.9 Å². The highest BCUT2D eigenvalue weighted by molar-refractivity contribution is 6.01. The molecule has 0 unspecified atom stereocenters. The number of aromatic amines is 1. The maximum absolute atomic E-state index is 13.9. The molecule has 1 heterocycles. The zero-order chi connectivity index (χ0) is 11.9. The normalized spacial score (nSPS) is 10.8. The molecule has 3 nitrogen and oxygen atoms in total. The van der Waals surface area contributed by atoms with Crippen molar-refractivity contribution in [1.82, 2.24) is 4.98 Å². The van der Waals surface area contributed by atoms with Crippen molar-refractivity contribution < 1.29 is 13.9 Å². The summed E-state index contributed by atoms with van der Waals surface area (Å²) in [5.74, 6) is -0.397. The van der Waals surface area contributed by atoms with Crippen LogP contribution in [0, 0.1) is 12.7 Å². The Balaban J connectivity index is 2.81. The average molecular weight is 221 g/mol. The van der Waals surface area contributed by atoms with Crippen molar-refractivity contribution in [2.75, 3.05) is 7.11 Å². The molecule has 16 heavy (non-hydrogen) atoms. The summed E-state index contributed by atoms with van der Waals surface area (Å²) in [5.41, 5.74) is 1.54. The van der Waals surface area contributed by atoms with Gasteiger partial charge in [0, 0.05) is 12.3 Å². The Labute approximate surface area is 92.2 Å². The zero-order valence-electron chi connectivity index (χ0n) is 9.35. The van der Waals surface area contributed by atoms with Crippen LogP contribution in [0.4, 0.5) is 4.39 Å². The van der Waals surface area contributed by atoms with Crippen molar-refractivity contribution >= 4 is 16.7 Å². The Morgan fingerprint density at radius 2 is 2.12 bits per heavy atom. The minimum absolute atomic E-state index is 0.105. The quantitative estimate of drug-likeness (QED) is 0.792. The fourth-order valence-electron chi connectivity index (χ4n) is 1.85. The molecule has 4 heteroatoms. The third kappa shape index (κ3) is 1.38. The van der Waals surface area contributed by atoms with E-state index < -0.39 is 5.82 Å². The summed E-state index contributed by atoms with van der Waals surface area (Å²) in [6.07, 6.45) is 0. The highest BCUT2D eigenvalue weighted by Crippen LogP contribution is 2.29. The predicted octanol–water partition coefficient (Wildman–Crippen LogP) is 2.83. The SMILES string of the molecule is COc1ccc2c(C)c(C(C)=O)[nH]c2c1F. The molecular formula is C12H12FNO2. The van der Waals surface area contributed by atoms with Gasteiger partial charge in [-0.05, 0) is 24.6 Å². The third-order valence-corrected chi connectivity index (χ3v) is 2.71. The second kappa shape index (κ2) is 3.63. The Kier molecular flexibility index (Phi) is 2.42. The van der Waals surface area contributed by atoms with E-state index in [9.17, 15) is 9.18 Å². The first-order chi connectivity index (χ1) is 7.56. The molecule has 0 spiro atoms. The van der Waals surface area contributed by atoms with Gasteiger partial charge in [0.1, 0.15) is 0 Å². The average Bonchev–Trinajstić information content (AvgIpc) is 2.58. The summed E-state index contributed by atoms with van der Waals surface area (Å²) in [4.78, 5) is 14.1. The van der Waals surface area contributed by atoms with Crippen LogP contribution in [-0.2, 0) is 0 Å². The lowest BCUT2D eigenvalue weighted by atomic mass is 10.1. The van der Waals surface area contributed by atoms with Gasteiger partial charge in [0.25, 0.3) is 0 Å². The number of aromatic nitrogens is 1. The Morgan fingerprint density at radius 1 is 1.44 bits per heavy atom. The minimum Gasteiger partial charge on any atom is -0.494 e. The molecule has 0 radical (unpaired) electrons. The van der Waals surface area contributed by atoms with E-state index >= 15 is 0 Å². The molecule has 84 valence electrons. The van der Waals surface area contributed by atoms with Crippen LogP contribution in [0.25, 0.3) is 10.9 Å². The number of aryl methyl sites for hydroxylation is 1. The molecule has 0 aliphatic heterocycles. The first-order valence-corrected chi connectivity index (χ1v) is 4.92. The van der Waals surface area contributed by atoms with Crippen LogP contribution in [0.1, 0.15) is 23.0 Å². The zero-order valence-corrected chi connectivity index (χ0v) is 9.35. The van der Waals surface area contributed by atoms with Gasteiger partial charge < -0.3 is 9.72 Å². The van der Waals surface area contributed by atoms with Gasteiger partial charge in [-0.15, -0.1) is 0 Å². The van der Waals surface area contributed by atoms with E-state index in [1.165, 1.54) is 14.0 Å². The highest BCUT2D eigenvalue weighted by atomic mass is 19.1. The van der Waals surface area contributed by atoms with E-state index in [4.69, 9.17) is 4.74 Å². The van der Waals surface area contributed by atoms with Crippen LogP contribution in [0.3, 0.4) is 0 Å². The van der Waals surface area contributed by atoms with Crippen LogP contribution < -0.4 is 4.74 Å². The lowest BCUT2D eigenvalue weighted by molar-refractivity contribution is 0.101. The van der Waals surface area contributed by atoms with E-state index in [0.717, 1.165) is 5.56 Å². The second-order valence-electron chi connectivity index (χ2n) is 3.69. The number of ether oxygens (including phenoxy) is 1. The summed E-state index contributed by atoms with van der Waals surface area (Å²) in [6, 6.07) is 3.30. The highest BCUT2D eigenvalue weighted by Gasteiger charge is 2.16. The summed E-state index contributed by atoms with van der Waals surface area (Å²) < 4.78 is 18.7. The third-order valence-electron chi connectivity index (χ3n) is 2.71. The first kappa shape index (κ1) is 10.7. The standard InChI is InChI=1S/C12H12FNO2/c1-6-8-4-5-9(16-3)10(13)12(8)14-11(6)7(2)15/h4-5,14H,1-3H3. The number of hydrogen-bond acceptors (Lipinski definition) is 2. The molecule has 2 aromatic rings. The number of benzene rings is 1. The van der Waals surface area contributed by atoms with Crippen LogP contribution >= 0.6 is 0 Å². The molecular weight excluding hydrogens is 209 g/mol. The van der Waals surface area contributed by atoms with Gasteiger partial charge >= 0.3 is 0 Å². The monoisotopic (exact) mass is 221 g/mol. The number of fused-ring (bicyclic) bond motifs is 1. The van der Waals surface area contributed by atoms with Crippen molar-refractivity contribution in [2.24, 2.45) is 0 Å². The van der Waals surface area contributed by atoms with E-state index in [2.05, 4.69) is 4.98 Å². The van der Waals surface area contributed by atoms with Crippen molar-refractivity contribution in [3.63, 3.8) is 0 Å². The summed E-state index contributed by atoms with van der Waals surface area (Å²) in [7, 11) is 1.41. The molecule has 0 aliphatic carbocycles. The van der Waals surface area contributed by atoms with Crippen molar-refractivity contribution in [2.45, 2.75) is 13.8 Å². The molecule has 0 atom stereocenters. The topological polar surface area (TPSA) is 42.1 Å². The van der Waals surface area contributed by atoms with Gasteiger partial charge in [-0.1, -0.05) is 0 Å².